The van der Waals surface area contributed by atoms with Gasteiger partial charge < -0.3 is 16.4 Å². The summed E-state index contributed by atoms with van der Waals surface area (Å²) in [5.74, 6) is 0. The standard InChI is InChI=1S/C27H35ClN4/c1-3-4-14-32-15-11-20(12-16-32)21-8-9-24-25(17-21)26(10-13-30-27(24)19(2)29)31-23-7-5-6-22(28)18-23/h5-9,11,17-18,26,30-31H,3-4,10,12-16,29H2,1-2H3/b27-19-. The average molecular weight is 451 g/mol. The molecule has 2 aromatic carbocycles. The summed E-state index contributed by atoms with van der Waals surface area (Å²) < 4.78 is 0. The van der Waals surface area contributed by atoms with Crippen LogP contribution in [0.1, 0.15) is 62.3 Å². The Hall–Kier alpha value is -2.43. The summed E-state index contributed by atoms with van der Waals surface area (Å²) in [5, 5.41) is 8.02. The van der Waals surface area contributed by atoms with Crippen molar-refractivity contribution in [2.24, 2.45) is 5.73 Å². The van der Waals surface area contributed by atoms with Crippen LogP contribution in [0.3, 0.4) is 0 Å². The summed E-state index contributed by atoms with van der Waals surface area (Å²) in [7, 11) is 0. The first-order valence-electron chi connectivity index (χ1n) is 11.8. The molecule has 0 aromatic heterocycles. The number of benzene rings is 2. The number of hydrogen-bond acceptors (Lipinski definition) is 4. The minimum atomic E-state index is 0.179. The van der Waals surface area contributed by atoms with Gasteiger partial charge in [-0.15, -0.1) is 0 Å². The van der Waals surface area contributed by atoms with E-state index in [9.17, 15) is 0 Å². The molecular formula is C27H35ClN4. The van der Waals surface area contributed by atoms with Gasteiger partial charge in [0.1, 0.15) is 0 Å². The van der Waals surface area contributed by atoms with Gasteiger partial charge in [-0.1, -0.05) is 49.2 Å². The summed E-state index contributed by atoms with van der Waals surface area (Å²) in [6.45, 7) is 8.48. The van der Waals surface area contributed by atoms with Crippen LogP contribution in [0.4, 0.5) is 5.69 Å². The number of nitrogens with one attached hydrogen (secondary N) is 2. The highest BCUT2D eigenvalue weighted by Gasteiger charge is 2.24. The van der Waals surface area contributed by atoms with Crippen LogP contribution in [0.5, 0.6) is 0 Å². The SMILES string of the molecule is CCCCN1CC=C(c2ccc3c(c2)C(Nc2cccc(Cl)c2)CCN/C3=C(/C)N)CC1. The van der Waals surface area contributed by atoms with Gasteiger partial charge in [0.2, 0.25) is 0 Å². The molecule has 2 heterocycles. The van der Waals surface area contributed by atoms with Crippen LogP contribution in [0, 0.1) is 0 Å². The molecule has 0 spiro atoms. The predicted octanol–water partition coefficient (Wildman–Crippen LogP) is 6.02. The second-order valence-corrected chi connectivity index (χ2v) is 9.35. The van der Waals surface area contributed by atoms with Crippen LogP contribution < -0.4 is 16.4 Å². The maximum absolute atomic E-state index is 6.27. The molecule has 1 atom stereocenters. The van der Waals surface area contributed by atoms with Crippen molar-refractivity contribution in [1.29, 1.82) is 0 Å². The van der Waals surface area contributed by atoms with E-state index in [1.807, 2.05) is 25.1 Å². The molecule has 4 rings (SSSR count). The summed E-state index contributed by atoms with van der Waals surface area (Å²) in [5.41, 5.74) is 14.4. The fourth-order valence-corrected chi connectivity index (χ4v) is 4.90. The lowest BCUT2D eigenvalue weighted by Crippen LogP contribution is -2.29. The molecule has 0 fully saturated rings. The number of fused-ring (bicyclic) bond motifs is 1. The highest BCUT2D eigenvalue weighted by atomic mass is 35.5. The average Bonchev–Trinajstić information content (AvgIpc) is 2.97. The first-order valence-corrected chi connectivity index (χ1v) is 12.2. The largest absolute Gasteiger partial charge is 0.401 e. The first kappa shape index (κ1) is 22.8. The van der Waals surface area contributed by atoms with E-state index < -0.39 is 0 Å². The first-order chi connectivity index (χ1) is 15.5. The number of hydrogen-bond donors (Lipinski definition) is 3. The number of halogens is 1. The number of nitrogens with zero attached hydrogens (tertiary/aromatic N) is 1. The highest BCUT2D eigenvalue weighted by Crippen LogP contribution is 2.35. The minimum absolute atomic E-state index is 0.179. The van der Waals surface area contributed by atoms with Gasteiger partial charge in [-0.05, 0) is 73.7 Å². The Balaban J connectivity index is 1.66. The van der Waals surface area contributed by atoms with Crippen molar-refractivity contribution in [1.82, 2.24) is 10.2 Å². The van der Waals surface area contributed by atoms with E-state index in [1.54, 1.807) is 0 Å². The van der Waals surface area contributed by atoms with E-state index in [-0.39, 0.29) is 6.04 Å². The fourth-order valence-electron chi connectivity index (χ4n) is 4.71. The Kier molecular flexibility index (Phi) is 7.44. The minimum Gasteiger partial charge on any atom is -0.401 e. The van der Waals surface area contributed by atoms with Gasteiger partial charge in [0.25, 0.3) is 0 Å². The number of rotatable bonds is 6. The Morgan fingerprint density at radius 3 is 2.84 bits per heavy atom. The third-order valence-electron chi connectivity index (χ3n) is 6.48. The van der Waals surface area contributed by atoms with Gasteiger partial charge in [0.05, 0.1) is 11.7 Å². The zero-order valence-electron chi connectivity index (χ0n) is 19.3. The molecule has 2 aliphatic heterocycles. The van der Waals surface area contributed by atoms with Crippen molar-refractivity contribution in [3.05, 3.63) is 76.0 Å². The van der Waals surface area contributed by atoms with Crippen LogP contribution in [-0.2, 0) is 0 Å². The zero-order valence-corrected chi connectivity index (χ0v) is 20.0. The van der Waals surface area contributed by atoms with Crippen molar-refractivity contribution in [3.63, 3.8) is 0 Å². The van der Waals surface area contributed by atoms with Crippen LogP contribution in [-0.4, -0.2) is 31.1 Å². The van der Waals surface area contributed by atoms with E-state index in [2.05, 4.69) is 52.8 Å². The Bertz CT molecular complexity index is 1010. The molecule has 4 nitrogen and oxygen atoms in total. The van der Waals surface area contributed by atoms with Crippen molar-refractivity contribution in [2.45, 2.75) is 45.6 Å². The molecule has 32 heavy (non-hydrogen) atoms. The van der Waals surface area contributed by atoms with E-state index in [4.69, 9.17) is 17.3 Å². The van der Waals surface area contributed by atoms with Gasteiger partial charge in [0, 0.05) is 41.6 Å². The van der Waals surface area contributed by atoms with Crippen molar-refractivity contribution in [3.8, 4) is 0 Å². The van der Waals surface area contributed by atoms with E-state index >= 15 is 0 Å². The Labute approximate surface area is 197 Å². The third-order valence-corrected chi connectivity index (χ3v) is 6.72. The number of nitrogens with two attached hydrogens (primary N) is 1. The lowest BCUT2D eigenvalue weighted by molar-refractivity contribution is 0.297. The normalized spacial score (nSPS) is 20.6. The summed E-state index contributed by atoms with van der Waals surface area (Å²) in [4.78, 5) is 2.56. The third kappa shape index (κ3) is 5.31. The molecule has 4 N–H and O–H groups in total. The topological polar surface area (TPSA) is 53.3 Å². The van der Waals surface area contributed by atoms with Crippen molar-refractivity contribution >= 4 is 28.6 Å². The summed E-state index contributed by atoms with van der Waals surface area (Å²) in [6.07, 6.45) is 7.01. The lowest BCUT2D eigenvalue weighted by Gasteiger charge is -2.27. The molecule has 0 saturated carbocycles. The number of anilines is 1. The van der Waals surface area contributed by atoms with Crippen LogP contribution in [0.25, 0.3) is 11.3 Å². The quantitative estimate of drug-likeness (QED) is 0.503. The molecular weight excluding hydrogens is 416 g/mol. The van der Waals surface area contributed by atoms with Gasteiger partial charge in [0.15, 0.2) is 0 Å². The Morgan fingerprint density at radius 2 is 2.12 bits per heavy atom. The van der Waals surface area contributed by atoms with E-state index in [0.717, 1.165) is 54.6 Å². The maximum atomic E-state index is 6.27. The molecule has 0 saturated heterocycles. The summed E-state index contributed by atoms with van der Waals surface area (Å²) >= 11 is 6.24. The Morgan fingerprint density at radius 1 is 1.25 bits per heavy atom. The molecule has 2 aromatic rings. The van der Waals surface area contributed by atoms with Crippen LogP contribution in [0.15, 0.2) is 54.2 Å². The van der Waals surface area contributed by atoms with Crippen LogP contribution >= 0.6 is 11.6 Å². The van der Waals surface area contributed by atoms with Gasteiger partial charge in [-0.25, -0.2) is 0 Å². The predicted molar refractivity (Wildman–Crippen MR) is 138 cm³/mol. The molecule has 0 amide bonds. The van der Waals surface area contributed by atoms with Crippen LogP contribution in [0.2, 0.25) is 5.02 Å². The van der Waals surface area contributed by atoms with Gasteiger partial charge in [-0.2, -0.15) is 0 Å². The fraction of sp³-hybridized carbons (Fsp3) is 0.407. The monoisotopic (exact) mass is 450 g/mol. The van der Waals surface area contributed by atoms with E-state index in [0.29, 0.717) is 0 Å². The molecule has 0 bridgehead atoms. The zero-order chi connectivity index (χ0) is 22.5. The van der Waals surface area contributed by atoms with E-state index in [1.165, 1.54) is 41.6 Å². The molecule has 2 aliphatic rings. The molecule has 0 aliphatic carbocycles. The molecule has 5 heteroatoms. The molecule has 170 valence electrons. The molecule has 0 radical (unpaired) electrons. The second-order valence-electron chi connectivity index (χ2n) is 8.92. The smallest absolute Gasteiger partial charge is 0.0605 e. The lowest BCUT2D eigenvalue weighted by atomic mass is 9.90. The molecule has 1 unspecified atom stereocenters. The summed E-state index contributed by atoms with van der Waals surface area (Å²) in [6, 6.07) is 15.0. The van der Waals surface area contributed by atoms with Gasteiger partial charge >= 0.3 is 0 Å². The highest BCUT2D eigenvalue weighted by molar-refractivity contribution is 6.30. The van der Waals surface area contributed by atoms with Crippen molar-refractivity contribution in [2.75, 3.05) is 31.5 Å². The second kappa shape index (κ2) is 10.5. The number of allylic oxidation sites excluding steroid dienone is 1. The van der Waals surface area contributed by atoms with Crippen molar-refractivity contribution < 1.29 is 0 Å². The van der Waals surface area contributed by atoms with Gasteiger partial charge in [-0.3, -0.25) is 4.90 Å². The number of unbranched alkanes of at least 4 members (excludes halogenated alkanes) is 1. The maximum Gasteiger partial charge on any atom is 0.0605 e.